The number of hydrogen-bond donors (Lipinski definition) is 0. The number of piperidine rings is 1. The number of hydrogen-bond acceptors (Lipinski definition) is 3. The fourth-order valence-corrected chi connectivity index (χ4v) is 4.63. The van der Waals surface area contributed by atoms with E-state index in [0.29, 0.717) is 12.1 Å². The third-order valence-electron chi connectivity index (χ3n) is 6.28. The van der Waals surface area contributed by atoms with Gasteiger partial charge in [-0.25, -0.2) is 0 Å². The molecule has 0 radical (unpaired) electrons. The molecular weight excluding hydrogens is 310 g/mol. The normalized spacial score (nSPS) is 26.0. The second-order valence-electron chi connectivity index (χ2n) is 8.13. The zero-order valence-corrected chi connectivity index (χ0v) is 15.5. The van der Waals surface area contributed by atoms with Crippen molar-refractivity contribution < 1.29 is 4.79 Å². The molecule has 3 saturated heterocycles. The maximum Gasteiger partial charge on any atom is 0.253 e. The van der Waals surface area contributed by atoms with Crippen LogP contribution in [0.1, 0.15) is 54.9 Å². The summed E-state index contributed by atoms with van der Waals surface area (Å²) in [6.07, 6.45) is 6.62. The van der Waals surface area contributed by atoms with E-state index in [1.54, 1.807) is 0 Å². The van der Waals surface area contributed by atoms with Gasteiger partial charge in [0.05, 0.1) is 0 Å². The van der Waals surface area contributed by atoms with Gasteiger partial charge in [0.15, 0.2) is 0 Å². The van der Waals surface area contributed by atoms with Crippen LogP contribution in [0.25, 0.3) is 0 Å². The molecule has 1 aromatic carbocycles. The smallest absolute Gasteiger partial charge is 0.253 e. The molecule has 0 unspecified atom stereocenters. The zero-order chi connectivity index (χ0) is 17.2. The lowest BCUT2D eigenvalue weighted by atomic mass is 9.97. The first-order valence-corrected chi connectivity index (χ1v) is 10.1. The average Bonchev–Trinajstić information content (AvgIpc) is 3.09. The molecule has 0 spiro atoms. The van der Waals surface area contributed by atoms with Crippen LogP contribution in [0.4, 0.5) is 0 Å². The van der Waals surface area contributed by atoms with Crippen molar-refractivity contribution in [2.24, 2.45) is 0 Å². The van der Waals surface area contributed by atoms with Gasteiger partial charge in [-0.2, -0.15) is 0 Å². The van der Waals surface area contributed by atoms with Crippen LogP contribution >= 0.6 is 0 Å². The number of carbonyl (C=O) groups excluding carboxylic acids is 1. The Morgan fingerprint density at radius 3 is 2.36 bits per heavy atom. The summed E-state index contributed by atoms with van der Waals surface area (Å²) >= 11 is 0. The first-order chi connectivity index (χ1) is 12.2. The van der Waals surface area contributed by atoms with Crippen LogP contribution < -0.4 is 0 Å². The van der Waals surface area contributed by atoms with Gasteiger partial charge in [0, 0.05) is 37.3 Å². The number of benzene rings is 1. The predicted molar refractivity (Wildman–Crippen MR) is 101 cm³/mol. The highest BCUT2D eigenvalue weighted by Crippen LogP contribution is 2.25. The van der Waals surface area contributed by atoms with E-state index >= 15 is 0 Å². The van der Waals surface area contributed by atoms with E-state index in [1.807, 2.05) is 17.0 Å². The Morgan fingerprint density at radius 2 is 1.68 bits per heavy atom. The summed E-state index contributed by atoms with van der Waals surface area (Å²) in [4.78, 5) is 19.8. The van der Waals surface area contributed by atoms with Crippen molar-refractivity contribution in [2.75, 3.05) is 32.7 Å². The summed E-state index contributed by atoms with van der Waals surface area (Å²) < 4.78 is 0. The Hall–Kier alpha value is -1.39. The molecule has 4 heteroatoms. The third kappa shape index (κ3) is 3.75. The molecule has 136 valence electrons. The van der Waals surface area contributed by atoms with E-state index in [1.165, 1.54) is 57.3 Å². The minimum absolute atomic E-state index is 0.202. The number of nitrogens with zero attached hydrogens (tertiary/aromatic N) is 3. The summed E-state index contributed by atoms with van der Waals surface area (Å²) in [5.74, 6) is 0.202. The molecule has 1 aromatic rings. The van der Waals surface area contributed by atoms with E-state index < -0.39 is 0 Å². The number of likely N-dealkylation sites (tertiary alicyclic amines) is 3. The Kier molecular flexibility index (Phi) is 5.09. The van der Waals surface area contributed by atoms with Crippen molar-refractivity contribution in [3.05, 3.63) is 35.4 Å². The topological polar surface area (TPSA) is 26.8 Å². The van der Waals surface area contributed by atoms with Gasteiger partial charge in [0.25, 0.3) is 5.91 Å². The van der Waals surface area contributed by atoms with Crippen LogP contribution in [0.3, 0.4) is 0 Å². The standard InChI is InChI=1S/C21H31N3O/c1-17-6-2-3-13-24(17)20-15-23(16-20)21(25)19-9-7-18(8-10-19)14-22-11-4-5-12-22/h7-10,17,20H,2-6,11-16H2,1H3/t17-/m1/s1. The number of carbonyl (C=O) groups is 1. The molecule has 0 aromatic heterocycles. The molecule has 3 aliphatic heterocycles. The molecule has 4 nitrogen and oxygen atoms in total. The lowest BCUT2D eigenvalue weighted by Gasteiger charge is -2.49. The van der Waals surface area contributed by atoms with E-state index in [4.69, 9.17) is 0 Å². The lowest BCUT2D eigenvalue weighted by Crippen LogP contribution is -2.63. The molecule has 3 fully saturated rings. The van der Waals surface area contributed by atoms with Gasteiger partial charge in [-0.05, 0) is 69.9 Å². The SMILES string of the molecule is C[C@@H]1CCCCN1C1CN(C(=O)c2ccc(CN3CCCC3)cc2)C1. The molecule has 1 amide bonds. The molecule has 25 heavy (non-hydrogen) atoms. The van der Waals surface area contributed by atoms with Crippen molar-refractivity contribution in [3.63, 3.8) is 0 Å². The molecule has 0 saturated carbocycles. The second-order valence-corrected chi connectivity index (χ2v) is 8.13. The minimum atomic E-state index is 0.202. The first kappa shape index (κ1) is 17.0. The molecule has 1 atom stereocenters. The maximum absolute atomic E-state index is 12.7. The highest BCUT2D eigenvalue weighted by Gasteiger charge is 2.37. The summed E-state index contributed by atoms with van der Waals surface area (Å²) in [6, 6.07) is 9.56. The number of amides is 1. The van der Waals surface area contributed by atoms with Gasteiger partial charge < -0.3 is 4.90 Å². The fraction of sp³-hybridized carbons (Fsp3) is 0.667. The maximum atomic E-state index is 12.7. The summed E-state index contributed by atoms with van der Waals surface area (Å²) in [5, 5.41) is 0. The Labute approximate surface area is 151 Å². The van der Waals surface area contributed by atoms with Crippen LogP contribution in [0.15, 0.2) is 24.3 Å². The molecule has 3 aliphatic rings. The molecule has 4 rings (SSSR count). The van der Waals surface area contributed by atoms with Crippen LogP contribution in [-0.4, -0.2) is 65.4 Å². The van der Waals surface area contributed by atoms with E-state index in [9.17, 15) is 4.79 Å². The molecule has 0 N–H and O–H groups in total. The first-order valence-electron chi connectivity index (χ1n) is 10.1. The zero-order valence-electron chi connectivity index (χ0n) is 15.5. The van der Waals surface area contributed by atoms with Crippen molar-refractivity contribution in [1.29, 1.82) is 0 Å². The molecule has 0 aliphatic carbocycles. The number of rotatable bonds is 4. The van der Waals surface area contributed by atoms with Crippen molar-refractivity contribution >= 4 is 5.91 Å². The van der Waals surface area contributed by atoms with Gasteiger partial charge in [-0.15, -0.1) is 0 Å². The van der Waals surface area contributed by atoms with Crippen LogP contribution in [0.2, 0.25) is 0 Å². The van der Waals surface area contributed by atoms with Crippen molar-refractivity contribution in [2.45, 2.75) is 57.7 Å². The molecule has 3 heterocycles. The van der Waals surface area contributed by atoms with E-state index in [2.05, 4.69) is 28.9 Å². The van der Waals surface area contributed by atoms with Gasteiger partial charge in [0.1, 0.15) is 0 Å². The molecular formula is C21H31N3O. The van der Waals surface area contributed by atoms with Gasteiger partial charge in [-0.3, -0.25) is 14.6 Å². The van der Waals surface area contributed by atoms with E-state index in [0.717, 1.165) is 25.2 Å². The van der Waals surface area contributed by atoms with Crippen molar-refractivity contribution in [3.8, 4) is 0 Å². The van der Waals surface area contributed by atoms with Crippen LogP contribution in [0.5, 0.6) is 0 Å². The van der Waals surface area contributed by atoms with Gasteiger partial charge in [-0.1, -0.05) is 18.6 Å². The van der Waals surface area contributed by atoms with E-state index in [-0.39, 0.29) is 5.91 Å². The lowest BCUT2D eigenvalue weighted by molar-refractivity contribution is 0.00213. The summed E-state index contributed by atoms with van der Waals surface area (Å²) in [6.45, 7) is 8.79. The Morgan fingerprint density at radius 1 is 1.00 bits per heavy atom. The summed E-state index contributed by atoms with van der Waals surface area (Å²) in [5.41, 5.74) is 2.16. The quantitative estimate of drug-likeness (QED) is 0.842. The minimum Gasteiger partial charge on any atom is -0.335 e. The highest BCUT2D eigenvalue weighted by molar-refractivity contribution is 5.94. The average molecular weight is 341 g/mol. The third-order valence-corrected chi connectivity index (χ3v) is 6.28. The van der Waals surface area contributed by atoms with Gasteiger partial charge >= 0.3 is 0 Å². The predicted octanol–water partition coefficient (Wildman–Crippen LogP) is 2.98. The second kappa shape index (κ2) is 7.46. The largest absolute Gasteiger partial charge is 0.335 e. The summed E-state index contributed by atoms with van der Waals surface area (Å²) in [7, 11) is 0. The highest BCUT2D eigenvalue weighted by atomic mass is 16.2. The Balaban J connectivity index is 1.29. The Bertz CT molecular complexity index is 588. The van der Waals surface area contributed by atoms with Crippen LogP contribution in [0, 0.1) is 0 Å². The fourth-order valence-electron chi connectivity index (χ4n) is 4.63. The van der Waals surface area contributed by atoms with Crippen molar-refractivity contribution in [1.82, 2.24) is 14.7 Å². The molecule has 0 bridgehead atoms. The van der Waals surface area contributed by atoms with Gasteiger partial charge in [0.2, 0.25) is 0 Å². The van der Waals surface area contributed by atoms with Crippen LogP contribution in [-0.2, 0) is 6.54 Å². The monoisotopic (exact) mass is 341 g/mol.